The van der Waals surface area contributed by atoms with Crippen LogP contribution in [0.1, 0.15) is 12.8 Å². The van der Waals surface area contributed by atoms with Gasteiger partial charge in [-0.15, -0.1) is 0 Å². The highest BCUT2D eigenvalue weighted by Gasteiger charge is 2.34. The molecule has 0 aromatic heterocycles. The van der Waals surface area contributed by atoms with Crippen molar-refractivity contribution in [3.8, 4) is 0 Å². The van der Waals surface area contributed by atoms with Crippen molar-refractivity contribution in [3.05, 3.63) is 28.5 Å². The van der Waals surface area contributed by atoms with E-state index >= 15 is 0 Å². The Kier molecular flexibility index (Phi) is 4.05. The van der Waals surface area contributed by atoms with Gasteiger partial charge >= 0.3 is 0 Å². The lowest BCUT2D eigenvalue weighted by atomic mass is 10.2. The highest BCUT2D eigenvalue weighted by Crippen LogP contribution is 2.28. The van der Waals surface area contributed by atoms with Gasteiger partial charge in [-0.1, -0.05) is 0 Å². The second-order valence-corrected chi connectivity index (χ2v) is 6.92. The molecule has 0 saturated carbocycles. The van der Waals surface area contributed by atoms with Crippen LogP contribution in [0.4, 0.5) is 4.39 Å². The minimum atomic E-state index is -3.66. The molecule has 0 aliphatic carbocycles. The maximum Gasteiger partial charge on any atom is 0.243 e. The molecule has 0 bridgehead atoms. The molecule has 0 radical (unpaired) electrons. The van der Waals surface area contributed by atoms with Gasteiger partial charge in [-0.05, 0) is 47.0 Å². The van der Waals surface area contributed by atoms with Crippen LogP contribution < -0.4 is 0 Å². The molecule has 18 heavy (non-hydrogen) atoms. The van der Waals surface area contributed by atoms with E-state index in [0.29, 0.717) is 13.0 Å². The Hall–Kier alpha value is -0.500. The monoisotopic (exact) mass is 337 g/mol. The van der Waals surface area contributed by atoms with E-state index in [1.807, 2.05) is 0 Å². The Morgan fingerprint density at radius 3 is 2.83 bits per heavy atom. The molecule has 2 rings (SSSR count). The predicted molar refractivity (Wildman–Crippen MR) is 68.1 cm³/mol. The summed E-state index contributed by atoms with van der Waals surface area (Å²) in [5.41, 5.74) is 0. The molecule has 1 atom stereocenters. The maximum absolute atomic E-state index is 13.1. The van der Waals surface area contributed by atoms with Crippen molar-refractivity contribution in [1.29, 1.82) is 0 Å². The first-order chi connectivity index (χ1) is 8.46. The number of nitrogens with zero attached hydrogens (tertiary/aromatic N) is 1. The zero-order valence-electron chi connectivity index (χ0n) is 9.51. The molecular weight excluding hydrogens is 325 g/mol. The Balaban J connectivity index is 2.38. The number of hydrogen-bond donors (Lipinski definition) is 1. The summed E-state index contributed by atoms with van der Waals surface area (Å²) < 4.78 is 39.2. The van der Waals surface area contributed by atoms with E-state index in [1.165, 1.54) is 16.4 Å². The third-order valence-corrected chi connectivity index (χ3v) is 5.59. The highest BCUT2D eigenvalue weighted by molar-refractivity contribution is 9.10. The van der Waals surface area contributed by atoms with Crippen molar-refractivity contribution in [2.45, 2.75) is 23.8 Å². The average Bonchev–Trinajstić information content (AvgIpc) is 2.81. The number of hydrogen-bond acceptors (Lipinski definition) is 3. The van der Waals surface area contributed by atoms with Crippen molar-refractivity contribution in [2.75, 3.05) is 13.2 Å². The van der Waals surface area contributed by atoms with Crippen LogP contribution in [0.5, 0.6) is 0 Å². The van der Waals surface area contributed by atoms with Crippen LogP contribution >= 0.6 is 15.9 Å². The molecule has 1 aliphatic heterocycles. The summed E-state index contributed by atoms with van der Waals surface area (Å²) in [7, 11) is -3.66. The van der Waals surface area contributed by atoms with Gasteiger partial charge in [-0.2, -0.15) is 4.31 Å². The average molecular weight is 338 g/mol. The van der Waals surface area contributed by atoms with Gasteiger partial charge in [0.2, 0.25) is 10.0 Å². The first-order valence-electron chi connectivity index (χ1n) is 5.54. The van der Waals surface area contributed by atoms with Gasteiger partial charge in [0.25, 0.3) is 0 Å². The SMILES string of the molecule is O=S(=O)(c1ccc(F)c(Br)c1)N1CCC[C@H]1CO. The quantitative estimate of drug-likeness (QED) is 0.913. The van der Waals surface area contributed by atoms with E-state index in [1.54, 1.807) is 0 Å². The van der Waals surface area contributed by atoms with Crippen molar-refractivity contribution in [3.63, 3.8) is 0 Å². The molecule has 100 valence electrons. The lowest BCUT2D eigenvalue weighted by molar-refractivity contribution is 0.213. The Morgan fingerprint density at radius 1 is 1.50 bits per heavy atom. The maximum atomic E-state index is 13.1. The fraction of sp³-hybridized carbons (Fsp3) is 0.455. The molecule has 1 aromatic carbocycles. The van der Waals surface area contributed by atoms with Crippen molar-refractivity contribution >= 4 is 26.0 Å². The Bertz CT molecular complexity index is 549. The minimum absolute atomic E-state index is 0.0381. The highest BCUT2D eigenvalue weighted by atomic mass is 79.9. The van der Waals surface area contributed by atoms with Crippen LogP contribution in [-0.4, -0.2) is 37.0 Å². The fourth-order valence-corrected chi connectivity index (χ4v) is 4.32. The molecule has 1 aromatic rings. The summed E-state index contributed by atoms with van der Waals surface area (Å²) in [5.74, 6) is -0.505. The van der Waals surface area contributed by atoms with Crippen LogP contribution in [0.3, 0.4) is 0 Å². The molecule has 0 amide bonds. The molecule has 1 aliphatic rings. The van der Waals surface area contributed by atoms with Crippen LogP contribution in [0.2, 0.25) is 0 Å². The molecule has 1 heterocycles. The number of benzene rings is 1. The molecule has 1 fully saturated rings. The number of aliphatic hydroxyl groups is 1. The van der Waals surface area contributed by atoms with Gasteiger partial charge in [0.15, 0.2) is 0 Å². The second kappa shape index (κ2) is 5.24. The number of aliphatic hydroxyl groups excluding tert-OH is 1. The fourth-order valence-electron chi connectivity index (χ4n) is 2.08. The molecule has 4 nitrogen and oxygen atoms in total. The van der Waals surface area contributed by atoms with E-state index in [2.05, 4.69) is 15.9 Å². The number of halogens is 2. The summed E-state index contributed by atoms with van der Waals surface area (Å²) in [5, 5.41) is 9.17. The zero-order valence-corrected chi connectivity index (χ0v) is 11.9. The lowest BCUT2D eigenvalue weighted by Gasteiger charge is -2.22. The van der Waals surface area contributed by atoms with Crippen molar-refractivity contribution in [2.24, 2.45) is 0 Å². The molecule has 1 saturated heterocycles. The van der Waals surface area contributed by atoms with Crippen molar-refractivity contribution in [1.82, 2.24) is 4.31 Å². The summed E-state index contributed by atoms with van der Waals surface area (Å²) in [6, 6.07) is 3.22. The molecule has 1 N–H and O–H groups in total. The molecular formula is C11H13BrFNO3S. The van der Waals surface area contributed by atoms with Gasteiger partial charge < -0.3 is 5.11 Å². The summed E-state index contributed by atoms with van der Waals surface area (Å²) >= 11 is 2.97. The van der Waals surface area contributed by atoms with E-state index in [4.69, 9.17) is 0 Å². The van der Waals surface area contributed by atoms with Gasteiger partial charge in [-0.25, -0.2) is 12.8 Å². The zero-order chi connectivity index (χ0) is 13.3. The van der Waals surface area contributed by atoms with E-state index in [-0.39, 0.29) is 22.0 Å². The van der Waals surface area contributed by atoms with Gasteiger partial charge in [0, 0.05) is 12.6 Å². The summed E-state index contributed by atoms with van der Waals surface area (Å²) in [6.45, 7) is 0.199. The van der Waals surface area contributed by atoms with Crippen LogP contribution in [-0.2, 0) is 10.0 Å². The van der Waals surface area contributed by atoms with Crippen molar-refractivity contribution < 1.29 is 17.9 Å². The van der Waals surface area contributed by atoms with E-state index < -0.39 is 15.8 Å². The number of sulfonamides is 1. The largest absolute Gasteiger partial charge is 0.395 e. The lowest BCUT2D eigenvalue weighted by Crippen LogP contribution is -2.37. The predicted octanol–water partition coefficient (Wildman–Crippen LogP) is 1.73. The summed E-state index contributed by atoms with van der Waals surface area (Å²) in [4.78, 5) is 0.0381. The summed E-state index contributed by atoms with van der Waals surface area (Å²) in [6.07, 6.45) is 1.38. The van der Waals surface area contributed by atoms with Crippen LogP contribution in [0.25, 0.3) is 0 Å². The number of rotatable bonds is 3. The van der Waals surface area contributed by atoms with Crippen LogP contribution in [0, 0.1) is 5.82 Å². The molecule has 0 unspecified atom stereocenters. The van der Waals surface area contributed by atoms with Gasteiger partial charge in [-0.3, -0.25) is 0 Å². The van der Waals surface area contributed by atoms with Gasteiger partial charge in [0.05, 0.1) is 16.0 Å². The third kappa shape index (κ3) is 2.45. The normalized spacial score (nSPS) is 21.4. The first-order valence-corrected chi connectivity index (χ1v) is 7.78. The topological polar surface area (TPSA) is 57.6 Å². The molecule has 0 spiro atoms. The van der Waals surface area contributed by atoms with E-state index in [9.17, 15) is 17.9 Å². The smallest absolute Gasteiger partial charge is 0.243 e. The van der Waals surface area contributed by atoms with Gasteiger partial charge in [0.1, 0.15) is 5.82 Å². The first kappa shape index (κ1) is 13.9. The molecule has 7 heteroatoms. The van der Waals surface area contributed by atoms with E-state index in [0.717, 1.165) is 12.5 Å². The third-order valence-electron chi connectivity index (χ3n) is 3.03. The second-order valence-electron chi connectivity index (χ2n) is 4.17. The Morgan fingerprint density at radius 2 is 2.22 bits per heavy atom. The minimum Gasteiger partial charge on any atom is -0.395 e. The van der Waals surface area contributed by atoms with Crippen LogP contribution in [0.15, 0.2) is 27.6 Å². The standard InChI is InChI=1S/C11H13BrFNO3S/c12-10-6-9(3-4-11(10)13)18(16,17)14-5-1-2-8(14)7-15/h3-4,6,8,15H,1-2,5,7H2/t8-/m0/s1. The Labute approximate surface area is 114 Å².